The number of nitrogens with one attached hydrogen (secondary N) is 2. The summed E-state index contributed by atoms with van der Waals surface area (Å²) in [6.07, 6.45) is 2.21. The van der Waals surface area contributed by atoms with Gasteiger partial charge in [0.2, 0.25) is 5.88 Å². The summed E-state index contributed by atoms with van der Waals surface area (Å²) in [7, 11) is -0.652. The maximum Gasteiger partial charge on any atom is 0.261 e. The number of aromatic nitrogens is 1. The number of ether oxygens (including phenoxy) is 3. The molecule has 9 nitrogen and oxygen atoms in total. The molecule has 0 atom stereocenters. The topological polar surface area (TPSA) is 116 Å². The van der Waals surface area contributed by atoms with E-state index < -0.39 is 10.0 Å². The zero-order chi connectivity index (χ0) is 23.7. The first-order valence-corrected chi connectivity index (χ1v) is 11.6. The van der Waals surface area contributed by atoms with E-state index in [2.05, 4.69) is 15.0 Å². The molecule has 0 saturated heterocycles. The Balaban J connectivity index is 1.67. The highest BCUT2D eigenvalue weighted by Gasteiger charge is 2.16. The summed E-state index contributed by atoms with van der Waals surface area (Å²) >= 11 is 0. The van der Waals surface area contributed by atoms with Crippen LogP contribution < -0.4 is 19.5 Å². The normalized spacial score (nSPS) is 11.0. The maximum absolute atomic E-state index is 12.6. The van der Waals surface area contributed by atoms with Crippen LogP contribution in [0.4, 0.5) is 5.69 Å². The van der Waals surface area contributed by atoms with Crippen LogP contribution in [-0.2, 0) is 14.8 Å². The van der Waals surface area contributed by atoms with Gasteiger partial charge < -0.3 is 19.5 Å². The van der Waals surface area contributed by atoms with Gasteiger partial charge in [-0.2, -0.15) is 0 Å². The molecule has 0 saturated carbocycles. The third kappa shape index (κ3) is 6.67. The van der Waals surface area contributed by atoms with Gasteiger partial charge in [-0.05, 0) is 67.1 Å². The molecule has 0 unspecified atom stereocenters. The molecule has 0 aliphatic heterocycles. The molecule has 174 valence electrons. The number of carbonyl (C=O) groups excluding carboxylic acids is 1. The van der Waals surface area contributed by atoms with Crippen molar-refractivity contribution in [3.63, 3.8) is 0 Å². The summed E-state index contributed by atoms with van der Waals surface area (Å²) in [5.74, 6) is 0.800. The number of sulfonamides is 1. The lowest BCUT2D eigenvalue weighted by atomic mass is 10.2. The van der Waals surface area contributed by atoms with Crippen molar-refractivity contribution in [2.45, 2.75) is 11.3 Å². The highest BCUT2D eigenvalue weighted by atomic mass is 32.2. The van der Waals surface area contributed by atoms with Crippen molar-refractivity contribution in [3.8, 4) is 17.4 Å². The Bertz CT molecular complexity index is 1170. The zero-order valence-electron chi connectivity index (χ0n) is 18.3. The molecule has 1 amide bonds. The van der Waals surface area contributed by atoms with E-state index >= 15 is 0 Å². The fourth-order valence-electron chi connectivity index (χ4n) is 2.83. The molecule has 3 aromatic rings. The fraction of sp³-hybridized carbons (Fsp3) is 0.217. The number of amides is 1. The number of hydrogen-bond acceptors (Lipinski definition) is 7. The second-order valence-electron chi connectivity index (χ2n) is 6.87. The van der Waals surface area contributed by atoms with Crippen LogP contribution in [0.15, 0.2) is 71.8 Å². The molecule has 0 aliphatic rings. The monoisotopic (exact) mass is 471 g/mol. The van der Waals surface area contributed by atoms with Crippen molar-refractivity contribution >= 4 is 21.6 Å². The molecular formula is C23H25N3O6S. The molecule has 33 heavy (non-hydrogen) atoms. The molecule has 0 bridgehead atoms. The van der Waals surface area contributed by atoms with E-state index in [0.717, 1.165) is 0 Å². The largest absolute Gasteiger partial charge is 0.497 e. The average molecular weight is 472 g/mol. The third-order valence-electron chi connectivity index (χ3n) is 4.52. The predicted molar refractivity (Wildman–Crippen MR) is 123 cm³/mol. The van der Waals surface area contributed by atoms with Crippen molar-refractivity contribution in [1.29, 1.82) is 0 Å². The maximum atomic E-state index is 12.6. The van der Waals surface area contributed by atoms with Crippen LogP contribution >= 0.6 is 0 Å². The minimum absolute atomic E-state index is 0.110. The van der Waals surface area contributed by atoms with Crippen LogP contribution in [0.3, 0.4) is 0 Å². The lowest BCUT2D eigenvalue weighted by Gasteiger charge is -2.12. The van der Waals surface area contributed by atoms with Crippen molar-refractivity contribution in [2.75, 3.05) is 32.1 Å². The second kappa shape index (κ2) is 11.3. The van der Waals surface area contributed by atoms with E-state index in [1.165, 1.54) is 25.4 Å². The predicted octanol–water partition coefficient (Wildman–Crippen LogP) is 3.45. The number of pyridine rings is 1. The Morgan fingerprint density at radius 3 is 2.33 bits per heavy atom. The summed E-state index contributed by atoms with van der Waals surface area (Å²) in [4.78, 5) is 16.7. The lowest BCUT2D eigenvalue weighted by molar-refractivity contribution is 0.0945. The van der Waals surface area contributed by atoms with Gasteiger partial charge in [0.05, 0.1) is 12.0 Å². The quantitative estimate of drug-likeness (QED) is 0.412. The molecule has 2 N–H and O–H groups in total. The summed E-state index contributed by atoms with van der Waals surface area (Å²) in [6.45, 7) is 1.01. The van der Waals surface area contributed by atoms with Crippen molar-refractivity contribution < 1.29 is 27.4 Å². The fourth-order valence-corrected chi connectivity index (χ4v) is 3.89. The zero-order valence-corrected chi connectivity index (χ0v) is 19.1. The Morgan fingerprint density at radius 1 is 0.970 bits per heavy atom. The summed E-state index contributed by atoms with van der Waals surface area (Å²) in [5, 5.41) is 2.79. The first kappa shape index (κ1) is 24.0. The molecule has 0 fully saturated rings. The van der Waals surface area contributed by atoms with E-state index in [1.807, 2.05) is 0 Å². The Hall–Kier alpha value is -3.63. The molecular weight excluding hydrogens is 446 g/mol. The second-order valence-corrected chi connectivity index (χ2v) is 8.55. The Morgan fingerprint density at radius 2 is 1.67 bits per heavy atom. The van der Waals surface area contributed by atoms with Gasteiger partial charge in [-0.1, -0.05) is 0 Å². The van der Waals surface area contributed by atoms with Crippen LogP contribution in [0.5, 0.6) is 17.4 Å². The summed E-state index contributed by atoms with van der Waals surface area (Å²) < 4.78 is 43.5. The first-order chi connectivity index (χ1) is 15.9. The van der Waals surface area contributed by atoms with Gasteiger partial charge in [-0.3, -0.25) is 9.52 Å². The number of rotatable bonds is 11. The molecule has 0 radical (unpaired) electrons. The Kier molecular flexibility index (Phi) is 8.22. The van der Waals surface area contributed by atoms with Crippen LogP contribution in [0.2, 0.25) is 0 Å². The van der Waals surface area contributed by atoms with Gasteiger partial charge in [0.1, 0.15) is 17.1 Å². The van der Waals surface area contributed by atoms with Crippen LogP contribution in [-0.4, -0.2) is 46.7 Å². The smallest absolute Gasteiger partial charge is 0.261 e. The number of carbonyl (C=O) groups is 1. The molecule has 10 heteroatoms. The van der Waals surface area contributed by atoms with Gasteiger partial charge >= 0.3 is 0 Å². The molecule has 1 aromatic heterocycles. The first-order valence-electron chi connectivity index (χ1n) is 10.1. The van der Waals surface area contributed by atoms with E-state index in [-0.39, 0.29) is 16.7 Å². The minimum atomic E-state index is -3.76. The highest BCUT2D eigenvalue weighted by molar-refractivity contribution is 7.92. The number of hydrogen-bond donors (Lipinski definition) is 2. The number of methoxy groups -OCH3 is 2. The van der Waals surface area contributed by atoms with Crippen LogP contribution in [0, 0.1) is 0 Å². The molecule has 1 heterocycles. The average Bonchev–Trinajstić information content (AvgIpc) is 2.83. The third-order valence-corrected chi connectivity index (χ3v) is 5.91. The summed E-state index contributed by atoms with van der Waals surface area (Å²) in [5.41, 5.74) is 0.648. The van der Waals surface area contributed by atoms with Gasteiger partial charge in [-0.25, -0.2) is 13.4 Å². The number of nitrogens with zero attached hydrogens (tertiary/aromatic N) is 1. The van der Waals surface area contributed by atoms with Crippen molar-refractivity contribution in [3.05, 3.63) is 72.4 Å². The van der Waals surface area contributed by atoms with Gasteiger partial charge in [0, 0.05) is 32.1 Å². The van der Waals surface area contributed by atoms with Gasteiger partial charge in [-0.15, -0.1) is 0 Å². The summed E-state index contributed by atoms with van der Waals surface area (Å²) in [6, 6.07) is 15.6. The lowest BCUT2D eigenvalue weighted by Crippen LogP contribution is -2.25. The minimum Gasteiger partial charge on any atom is -0.497 e. The van der Waals surface area contributed by atoms with E-state index in [0.29, 0.717) is 42.3 Å². The standard InChI is InChI=1S/C23H25N3O6S/c1-30-16-4-15-24-22(27)21-5-3-14-25-23(21)32-19-8-6-17(7-9-19)26-33(28,29)20-12-10-18(31-2)11-13-20/h3,5-14,26H,4,15-16H2,1-2H3,(H,24,27). The number of benzene rings is 2. The molecule has 2 aromatic carbocycles. The van der Waals surface area contributed by atoms with E-state index in [4.69, 9.17) is 14.2 Å². The van der Waals surface area contributed by atoms with Crippen molar-refractivity contribution in [2.24, 2.45) is 0 Å². The molecule has 0 aliphatic carbocycles. The molecule has 3 rings (SSSR count). The number of anilines is 1. The van der Waals surface area contributed by atoms with E-state index in [1.54, 1.807) is 55.6 Å². The van der Waals surface area contributed by atoms with Crippen LogP contribution in [0.25, 0.3) is 0 Å². The van der Waals surface area contributed by atoms with Gasteiger partial charge in [0.25, 0.3) is 15.9 Å². The van der Waals surface area contributed by atoms with Crippen LogP contribution in [0.1, 0.15) is 16.8 Å². The highest BCUT2D eigenvalue weighted by Crippen LogP contribution is 2.25. The molecule has 0 spiro atoms. The van der Waals surface area contributed by atoms with Gasteiger partial charge in [0.15, 0.2) is 0 Å². The van der Waals surface area contributed by atoms with E-state index in [9.17, 15) is 13.2 Å². The Labute approximate surface area is 192 Å². The van der Waals surface area contributed by atoms with Crippen molar-refractivity contribution in [1.82, 2.24) is 10.3 Å². The SMILES string of the molecule is COCCCNC(=O)c1cccnc1Oc1ccc(NS(=O)(=O)c2ccc(OC)cc2)cc1.